The summed E-state index contributed by atoms with van der Waals surface area (Å²) in [5.41, 5.74) is 9.87. The quantitative estimate of drug-likeness (QED) is 0.900. The molecule has 0 saturated heterocycles. The number of hydrogen-bond acceptors (Lipinski definition) is 2. The molecule has 0 bridgehead atoms. The molecule has 0 atom stereocenters. The molecule has 1 aromatic carbocycles. The summed E-state index contributed by atoms with van der Waals surface area (Å²) in [7, 11) is 0. The fraction of sp³-hybridized carbons (Fsp3) is 0.533. The van der Waals surface area contributed by atoms with Gasteiger partial charge in [-0.1, -0.05) is 6.07 Å². The summed E-state index contributed by atoms with van der Waals surface area (Å²) in [6.07, 6.45) is 2.44. The summed E-state index contributed by atoms with van der Waals surface area (Å²) in [5, 5.41) is 0. The second-order valence-corrected chi connectivity index (χ2v) is 5.81. The predicted molar refractivity (Wildman–Crippen MR) is 74.8 cm³/mol. The first-order valence-corrected chi connectivity index (χ1v) is 6.76. The van der Waals surface area contributed by atoms with Crippen LogP contribution >= 0.6 is 0 Å². The lowest BCUT2D eigenvalue weighted by molar-refractivity contribution is 0.600. The zero-order valence-corrected chi connectivity index (χ0v) is 11.4. The van der Waals surface area contributed by atoms with Crippen LogP contribution in [0.4, 0.5) is 0 Å². The molecule has 1 heterocycles. The van der Waals surface area contributed by atoms with Crippen LogP contribution in [-0.4, -0.2) is 16.1 Å². The van der Waals surface area contributed by atoms with Crippen LogP contribution in [0.1, 0.15) is 44.1 Å². The van der Waals surface area contributed by atoms with E-state index in [1.165, 1.54) is 23.9 Å². The van der Waals surface area contributed by atoms with E-state index in [1.807, 2.05) is 0 Å². The van der Waals surface area contributed by atoms with Crippen molar-refractivity contribution in [3.63, 3.8) is 0 Å². The van der Waals surface area contributed by atoms with Crippen LogP contribution in [0.2, 0.25) is 0 Å². The normalized spacial score (nSPS) is 17.6. The Kier molecular flexibility index (Phi) is 2.49. The lowest BCUT2D eigenvalue weighted by Gasteiger charge is -2.14. The molecule has 1 fully saturated rings. The van der Waals surface area contributed by atoms with E-state index < -0.39 is 0 Å². The van der Waals surface area contributed by atoms with E-state index in [9.17, 15) is 0 Å². The highest BCUT2D eigenvalue weighted by molar-refractivity contribution is 5.77. The summed E-state index contributed by atoms with van der Waals surface area (Å²) >= 11 is 0. The highest BCUT2D eigenvalue weighted by Crippen LogP contribution is 2.47. The second-order valence-electron chi connectivity index (χ2n) is 5.81. The molecule has 3 nitrogen and oxygen atoms in total. The highest BCUT2D eigenvalue weighted by atomic mass is 15.1. The van der Waals surface area contributed by atoms with Gasteiger partial charge in [-0.05, 0) is 51.3 Å². The van der Waals surface area contributed by atoms with Crippen molar-refractivity contribution in [1.29, 1.82) is 0 Å². The molecular weight excluding hydrogens is 222 g/mol. The van der Waals surface area contributed by atoms with Gasteiger partial charge in [0.25, 0.3) is 0 Å². The minimum atomic E-state index is 0.254. The Hall–Kier alpha value is -1.35. The Labute approximate surface area is 108 Å². The van der Waals surface area contributed by atoms with Gasteiger partial charge in [0.1, 0.15) is 5.82 Å². The van der Waals surface area contributed by atoms with Gasteiger partial charge in [-0.25, -0.2) is 4.98 Å². The third-order valence-electron chi connectivity index (χ3n) is 4.24. The largest absolute Gasteiger partial charge is 0.330 e. The summed E-state index contributed by atoms with van der Waals surface area (Å²) < 4.78 is 2.29. The van der Waals surface area contributed by atoms with Gasteiger partial charge >= 0.3 is 0 Å². The molecule has 0 unspecified atom stereocenters. The Bertz CT molecular complexity index is 591. The van der Waals surface area contributed by atoms with E-state index in [0.717, 1.165) is 17.9 Å². The number of nitrogens with zero attached hydrogens (tertiary/aromatic N) is 2. The number of benzene rings is 1. The maximum absolute atomic E-state index is 5.90. The summed E-state index contributed by atoms with van der Waals surface area (Å²) in [6.45, 7) is 7.23. The number of aromatic nitrogens is 2. The average Bonchev–Trinajstić information content (AvgIpc) is 3.05. The Morgan fingerprint density at radius 2 is 2.11 bits per heavy atom. The minimum absolute atomic E-state index is 0.254. The van der Waals surface area contributed by atoms with Crippen LogP contribution in [0, 0.1) is 6.92 Å². The van der Waals surface area contributed by atoms with E-state index in [2.05, 4.69) is 43.5 Å². The van der Waals surface area contributed by atoms with Gasteiger partial charge in [0, 0.05) is 18.0 Å². The lowest BCUT2D eigenvalue weighted by Crippen LogP contribution is -2.19. The number of hydrogen-bond donors (Lipinski definition) is 1. The van der Waals surface area contributed by atoms with E-state index >= 15 is 0 Å². The van der Waals surface area contributed by atoms with Crippen molar-refractivity contribution in [3.8, 4) is 0 Å². The van der Waals surface area contributed by atoms with Crippen LogP contribution in [0.25, 0.3) is 11.0 Å². The van der Waals surface area contributed by atoms with Crippen LogP contribution in [-0.2, 0) is 5.41 Å². The van der Waals surface area contributed by atoms with Crippen molar-refractivity contribution < 1.29 is 0 Å². The van der Waals surface area contributed by atoms with E-state index in [0.29, 0.717) is 6.04 Å². The zero-order chi connectivity index (χ0) is 12.9. The first kappa shape index (κ1) is 11.7. The highest BCUT2D eigenvalue weighted by Gasteiger charge is 2.42. The van der Waals surface area contributed by atoms with Crippen molar-refractivity contribution in [1.82, 2.24) is 9.55 Å². The summed E-state index contributed by atoms with van der Waals surface area (Å²) in [6, 6.07) is 7.13. The number of aryl methyl sites for hydroxylation is 1. The molecule has 0 radical (unpaired) electrons. The fourth-order valence-corrected chi connectivity index (χ4v) is 2.96. The van der Waals surface area contributed by atoms with E-state index in [1.54, 1.807) is 0 Å². The predicted octanol–water partition coefficient (Wildman–Crippen LogP) is 2.92. The van der Waals surface area contributed by atoms with Crippen LogP contribution in [0.5, 0.6) is 0 Å². The smallest absolute Gasteiger partial charge is 0.106 e. The molecule has 3 heteroatoms. The molecule has 0 aliphatic heterocycles. The topological polar surface area (TPSA) is 43.8 Å². The van der Waals surface area contributed by atoms with Gasteiger partial charge < -0.3 is 10.3 Å². The summed E-state index contributed by atoms with van der Waals surface area (Å²) in [5.74, 6) is 1.09. The molecule has 96 valence electrons. The summed E-state index contributed by atoms with van der Waals surface area (Å²) in [4.78, 5) is 4.69. The molecule has 2 N–H and O–H groups in total. The minimum Gasteiger partial charge on any atom is -0.330 e. The first-order chi connectivity index (χ1) is 8.57. The van der Waals surface area contributed by atoms with E-state index in [4.69, 9.17) is 10.7 Å². The molecule has 1 aromatic heterocycles. The van der Waals surface area contributed by atoms with Crippen molar-refractivity contribution in [2.45, 2.75) is 45.1 Å². The van der Waals surface area contributed by atoms with Crippen molar-refractivity contribution in [2.75, 3.05) is 6.54 Å². The third-order valence-corrected chi connectivity index (χ3v) is 4.24. The SMILES string of the molecule is Cc1nc2cc(C3(CN)CC3)ccc2n1C(C)C. The zero-order valence-electron chi connectivity index (χ0n) is 11.4. The molecule has 2 aromatic rings. The molecule has 18 heavy (non-hydrogen) atoms. The second kappa shape index (κ2) is 3.82. The van der Waals surface area contributed by atoms with Gasteiger partial charge in [-0.2, -0.15) is 0 Å². The Morgan fingerprint density at radius 3 is 2.67 bits per heavy atom. The number of nitrogens with two attached hydrogens (primary N) is 1. The maximum atomic E-state index is 5.90. The van der Waals surface area contributed by atoms with Crippen molar-refractivity contribution in [3.05, 3.63) is 29.6 Å². The molecule has 1 aliphatic carbocycles. The van der Waals surface area contributed by atoms with Gasteiger partial charge in [0.15, 0.2) is 0 Å². The molecule has 1 saturated carbocycles. The van der Waals surface area contributed by atoms with Gasteiger partial charge in [-0.15, -0.1) is 0 Å². The van der Waals surface area contributed by atoms with Crippen LogP contribution in [0.15, 0.2) is 18.2 Å². The Morgan fingerprint density at radius 1 is 1.39 bits per heavy atom. The Balaban J connectivity index is 2.15. The molecule has 0 spiro atoms. The fourth-order valence-electron chi connectivity index (χ4n) is 2.96. The standard InChI is InChI=1S/C15H21N3/c1-10(2)18-11(3)17-13-8-12(4-5-14(13)18)15(9-16)6-7-15/h4-5,8,10H,6-7,9,16H2,1-3H3. The van der Waals surface area contributed by atoms with E-state index in [-0.39, 0.29) is 5.41 Å². The molecule has 3 rings (SSSR count). The van der Waals surface area contributed by atoms with Gasteiger partial charge in [0.2, 0.25) is 0 Å². The lowest BCUT2D eigenvalue weighted by atomic mass is 9.96. The van der Waals surface area contributed by atoms with Crippen molar-refractivity contribution >= 4 is 11.0 Å². The number of rotatable bonds is 3. The van der Waals surface area contributed by atoms with Gasteiger partial charge in [0.05, 0.1) is 11.0 Å². The number of imidazole rings is 1. The maximum Gasteiger partial charge on any atom is 0.106 e. The van der Waals surface area contributed by atoms with Crippen LogP contribution in [0.3, 0.4) is 0 Å². The molecule has 1 aliphatic rings. The average molecular weight is 243 g/mol. The third kappa shape index (κ3) is 1.57. The first-order valence-electron chi connectivity index (χ1n) is 6.76. The van der Waals surface area contributed by atoms with Crippen LogP contribution < -0.4 is 5.73 Å². The van der Waals surface area contributed by atoms with Crippen molar-refractivity contribution in [2.24, 2.45) is 5.73 Å². The number of fused-ring (bicyclic) bond motifs is 1. The molecule has 0 amide bonds. The van der Waals surface area contributed by atoms with Gasteiger partial charge in [-0.3, -0.25) is 0 Å². The monoisotopic (exact) mass is 243 g/mol. The molecular formula is C15H21N3.